The summed E-state index contributed by atoms with van der Waals surface area (Å²) in [5.41, 5.74) is 0.481. The highest BCUT2D eigenvalue weighted by atomic mass is 32.2. The number of phenols is 1. The van der Waals surface area contributed by atoms with E-state index in [4.69, 9.17) is 9.15 Å². The summed E-state index contributed by atoms with van der Waals surface area (Å²) in [4.78, 5) is 49.5. The number of ether oxygens (including phenoxy) is 1. The van der Waals surface area contributed by atoms with Crippen LogP contribution in [0, 0.1) is 5.92 Å². The van der Waals surface area contributed by atoms with Crippen molar-refractivity contribution >= 4 is 44.3 Å². The van der Waals surface area contributed by atoms with Gasteiger partial charge in [0, 0.05) is 24.3 Å². The highest BCUT2D eigenvalue weighted by molar-refractivity contribution is 7.88. The van der Waals surface area contributed by atoms with Gasteiger partial charge in [-0.15, -0.1) is 0 Å². The standard InChI is InChI=1S/C23H27NO9S/c1-12-7-8-18(26)22(28)17(25)6-4-5-15-16-9-14(11-24-34(3,30)31)33-20(16)10-19(27)21(15)23(29)32-13(12)2/h9-10,12-13,24,27H,4-8,11H2,1-3H3/t12-,13-/m0/s1. The van der Waals surface area contributed by atoms with E-state index in [0.717, 1.165) is 6.26 Å². The fourth-order valence-electron chi connectivity index (χ4n) is 3.81. The molecule has 0 amide bonds. The van der Waals surface area contributed by atoms with Crippen molar-refractivity contribution in [3.8, 4) is 5.75 Å². The largest absolute Gasteiger partial charge is 0.507 e. The zero-order chi connectivity index (χ0) is 25.2. The minimum absolute atomic E-state index is 0.0816. The third kappa shape index (κ3) is 5.89. The first-order valence-corrected chi connectivity index (χ1v) is 12.8. The molecule has 2 N–H and O–H groups in total. The lowest BCUT2D eigenvalue weighted by Gasteiger charge is -2.21. The summed E-state index contributed by atoms with van der Waals surface area (Å²) in [5.74, 6) is -3.77. The summed E-state index contributed by atoms with van der Waals surface area (Å²) in [5, 5.41) is 11.1. The quantitative estimate of drug-likeness (QED) is 0.483. The number of sulfonamides is 1. The topological polar surface area (TPSA) is 157 Å². The average molecular weight is 494 g/mol. The molecule has 0 aliphatic carbocycles. The van der Waals surface area contributed by atoms with Gasteiger partial charge < -0.3 is 14.3 Å². The smallest absolute Gasteiger partial charge is 0.342 e. The van der Waals surface area contributed by atoms with Gasteiger partial charge in [-0.25, -0.2) is 17.9 Å². The fourth-order valence-corrected chi connectivity index (χ4v) is 4.21. The molecule has 0 saturated heterocycles. The second kappa shape index (κ2) is 10.1. The molecule has 184 valence electrons. The van der Waals surface area contributed by atoms with Crippen molar-refractivity contribution in [3.05, 3.63) is 29.0 Å². The first kappa shape index (κ1) is 25.6. The molecule has 1 aromatic carbocycles. The minimum Gasteiger partial charge on any atom is -0.507 e. The molecule has 1 aliphatic rings. The van der Waals surface area contributed by atoms with Crippen molar-refractivity contribution in [1.82, 2.24) is 4.72 Å². The fraction of sp³-hybridized carbons (Fsp3) is 0.478. The van der Waals surface area contributed by atoms with Gasteiger partial charge in [0.15, 0.2) is 0 Å². The maximum atomic E-state index is 13.0. The number of hydrogen-bond donors (Lipinski definition) is 2. The summed E-state index contributed by atoms with van der Waals surface area (Å²) in [6.07, 6.45) is 0.535. The Kier molecular flexibility index (Phi) is 7.57. The maximum Gasteiger partial charge on any atom is 0.342 e. The van der Waals surface area contributed by atoms with Crippen molar-refractivity contribution in [1.29, 1.82) is 0 Å². The van der Waals surface area contributed by atoms with E-state index in [2.05, 4.69) is 4.72 Å². The number of carbonyl (C=O) groups is 4. The molecule has 34 heavy (non-hydrogen) atoms. The molecular formula is C23H27NO9S. The molecule has 2 aromatic rings. The number of esters is 1. The molecule has 1 aromatic heterocycles. The van der Waals surface area contributed by atoms with Crippen LogP contribution in [0.2, 0.25) is 0 Å². The van der Waals surface area contributed by atoms with Gasteiger partial charge in [0.25, 0.3) is 5.78 Å². The van der Waals surface area contributed by atoms with Crippen molar-refractivity contribution in [2.45, 2.75) is 58.6 Å². The summed E-state index contributed by atoms with van der Waals surface area (Å²) in [7, 11) is -3.49. The number of Topliss-reactive ketones (excluding diaryl/α,β-unsaturated/α-hetero) is 3. The minimum atomic E-state index is -3.49. The monoisotopic (exact) mass is 493 g/mol. The lowest BCUT2D eigenvalue weighted by molar-refractivity contribution is -0.144. The van der Waals surface area contributed by atoms with Crippen LogP contribution in [0.4, 0.5) is 0 Å². The van der Waals surface area contributed by atoms with Crippen LogP contribution in [0.25, 0.3) is 11.0 Å². The van der Waals surface area contributed by atoms with E-state index in [1.54, 1.807) is 19.9 Å². The first-order valence-electron chi connectivity index (χ1n) is 10.9. The Bertz CT molecular complexity index is 1260. The third-order valence-corrected chi connectivity index (χ3v) is 6.60. The number of rotatable bonds is 3. The molecule has 2 heterocycles. The SMILES string of the molecule is C[C@@H]1OC(=O)c2c(O)cc3oc(CNS(C)(=O)=O)cc3c2CCCC(=O)C(=O)C(=O)CC[C@@H]1C. The highest BCUT2D eigenvalue weighted by Crippen LogP contribution is 2.35. The van der Waals surface area contributed by atoms with E-state index in [9.17, 15) is 32.7 Å². The molecule has 0 spiro atoms. The Morgan fingerprint density at radius 3 is 2.41 bits per heavy atom. The predicted molar refractivity (Wildman–Crippen MR) is 121 cm³/mol. The second-order valence-electron chi connectivity index (χ2n) is 8.62. The van der Waals surface area contributed by atoms with Crippen LogP contribution in [0.15, 0.2) is 16.5 Å². The van der Waals surface area contributed by atoms with Gasteiger partial charge in [-0.1, -0.05) is 6.92 Å². The van der Waals surface area contributed by atoms with Gasteiger partial charge in [0.1, 0.15) is 28.8 Å². The zero-order valence-electron chi connectivity index (χ0n) is 19.2. The van der Waals surface area contributed by atoms with Crippen molar-refractivity contribution < 1.29 is 41.9 Å². The van der Waals surface area contributed by atoms with Crippen LogP contribution in [-0.2, 0) is 42.1 Å². The van der Waals surface area contributed by atoms with Crippen LogP contribution >= 0.6 is 0 Å². The third-order valence-electron chi connectivity index (χ3n) is 5.93. The lowest BCUT2D eigenvalue weighted by Crippen LogP contribution is -2.27. The molecule has 3 rings (SSSR count). The van der Waals surface area contributed by atoms with Crippen LogP contribution in [0.3, 0.4) is 0 Å². The first-order chi connectivity index (χ1) is 15.9. The van der Waals surface area contributed by atoms with Crippen molar-refractivity contribution in [2.24, 2.45) is 5.92 Å². The Morgan fingerprint density at radius 2 is 1.74 bits per heavy atom. The van der Waals surface area contributed by atoms with E-state index in [1.165, 1.54) is 6.07 Å². The van der Waals surface area contributed by atoms with E-state index >= 15 is 0 Å². The average Bonchev–Trinajstić information content (AvgIpc) is 3.16. The molecule has 2 atom stereocenters. The van der Waals surface area contributed by atoms with Crippen LogP contribution < -0.4 is 4.72 Å². The number of aryl methyl sites for hydroxylation is 1. The van der Waals surface area contributed by atoms with E-state index < -0.39 is 39.4 Å². The lowest BCUT2D eigenvalue weighted by atomic mass is 9.93. The Balaban J connectivity index is 2.05. The second-order valence-corrected chi connectivity index (χ2v) is 10.5. The van der Waals surface area contributed by atoms with E-state index in [-0.39, 0.29) is 67.2 Å². The normalized spacial score (nSPS) is 21.3. The molecule has 0 bridgehead atoms. The van der Waals surface area contributed by atoms with Gasteiger partial charge in [-0.05, 0) is 43.7 Å². The van der Waals surface area contributed by atoms with Gasteiger partial charge in [-0.2, -0.15) is 0 Å². The molecule has 11 heteroatoms. The number of aromatic hydroxyl groups is 1. The number of cyclic esters (lactones) is 1. The summed E-state index contributed by atoms with van der Waals surface area (Å²) in [6, 6.07) is 2.80. The number of furan rings is 1. The number of ketones is 3. The van der Waals surface area contributed by atoms with Crippen molar-refractivity contribution in [2.75, 3.05) is 6.26 Å². The number of phenolic OH excluding ortho intramolecular Hbond substituents is 1. The molecular weight excluding hydrogens is 466 g/mol. The number of fused-ring (bicyclic) bond motifs is 3. The van der Waals surface area contributed by atoms with Crippen LogP contribution in [-0.4, -0.2) is 49.2 Å². The van der Waals surface area contributed by atoms with Gasteiger partial charge in [0.2, 0.25) is 21.6 Å². The Labute approximate surface area is 196 Å². The van der Waals surface area contributed by atoms with E-state index in [0.29, 0.717) is 10.9 Å². The molecule has 0 unspecified atom stereocenters. The Hall–Kier alpha value is -3.05. The summed E-state index contributed by atoms with van der Waals surface area (Å²) >= 11 is 0. The number of hydrogen-bond acceptors (Lipinski definition) is 9. The van der Waals surface area contributed by atoms with Gasteiger partial charge in [0.05, 0.1) is 12.8 Å². The Morgan fingerprint density at radius 1 is 1.06 bits per heavy atom. The molecule has 0 radical (unpaired) electrons. The maximum absolute atomic E-state index is 13.0. The summed E-state index contributed by atoms with van der Waals surface area (Å²) in [6.45, 7) is 3.26. The van der Waals surface area contributed by atoms with Crippen LogP contribution in [0.1, 0.15) is 61.2 Å². The molecule has 10 nitrogen and oxygen atoms in total. The van der Waals surface area contributed by atoms with E-state index in [1.807, 2.05) is 0 Å². The predicted octanol–water partition coefficient (Wildman–Crippen LogP) is 2.19. The zero-order valence-corrected chi connectivity index (χ0v) is 20.0. The number of benzene rings is 1. The van der Waals surface area contributed by atoms with Gasteiger partial charge >= 0.3 is 5.97 Å². The summed E-state index contributed by atoms with van der Waals surface area (Å²) < 4.78 is 36.3. The number of carbonyl (C=O) groups excluding carboxylic acids is 4. The van der Waals surface area contributed by atoms with Crippen LogP contribution in [0.5, 0.6) is 5.75 Å². The molecule has 0 fully saturated rings. The van der Waals surface area contributed by atoms with Crippen molar-refractivity contribution in [3.63, 3.8) is 0 Å². The van der Waals surface area contributed by atoms with Gasteiger partial charge in [-0.3, -0.25) is 14.4 Å². The molecule has 1 aliphatic heterocycles. The molecule has 0 saturated carbocycles. The number of nitrogens with one attached hydrogen (secondary N) is 1. The highest BCUT2D eigenvalue weighted by Gasteiger charge is 2.29.